The molecule has 0 N–H and O–H groups in total. The number of hydrogen-bond acceptors (Lipinski definition) is 4. The molecule has 0 radical (unpaired) electrons. The number of aromatic nitrogens is 2. The third kappa shape index (κ3) is 2.67. The number of nitrogens with zero attached hydrogens (tertiary/aromatic N) is 3. The molecule has 1 atom stereocenters. The number of carbonyl (C=O) groups is 1. The molecule has 1 unspecified atom stereocenters. The minimum absolute atomic E-state index is 0.0802. The van der Waals surface area contributed by atoms with Crippen LogP contribution in [0.4, 0.5) is 0 Å². The van der Waals surface area contributed by atoms with E-state index in [1.165, 1.54) is 22.6 Å². The van der Waals surface area contributed by atoms with E-state index < -0.39 is 0 Å². The number of thiophene rings is 1. The van der Waals surface area contributed by atoms with Gasteiger partial charge in [-0.2, -0.15) is 5.10 Å². The van der Waals surface area contributed by atoms with Crippen LogP contribution in [0, 0.1) is 0 Å². The molecule has 128 valence electrons. The van der Waals surface area contributed by atoms with E-state index in [1.807, 2.05) is 22.4 Å². The lowest BCUT2D eigenvalue weighted by atomic mass is 9.95. The van der Waals surface area contributed by atoms with Crippen LogP contribution in [0.2, 0.25) is 0 Å². The zero-order valence-corrected chi connectivity index (χ0v) is 14.8. The molecular formula is C18H23N3O2S. The Morgan fingerprint density at radius 3 is 3.17 bits per heavy atom. The molecule has 0 spiro atoms. The monoisotopic (exact) mass is 345 g/mol. The molecule has 1 saturated heterocycles. The van der Waals surface area contributed by atoms with Crippen molar-refractivity contribution in [1.29, 1.82) is 0 Å². The second-order valence-electron chi connectivity index (χ2n) is 6.42. The van der Waals surface area contributed by atoms with Gasteiger partial charge in [0.2, 0.25) is 0 Å². The Kier molecular flexibility index (Phi) is 4.41. The number of likely N-dealkylation sites (tertiary alicyclic amines) is 1. The summed E-state index contributed by atoms with van der Waals surface area (Å²) in [7, 11) is 0. The van der Waals surface area contributed by atoms with E-state index in [1.54, 1.807) is 0 Å². The van der Waals surface area contributed by atoms with Gasteiger partial charge in [0.15, 0.2) is 0 Å². The van der Waals surface area contributed by atoms with Crippen LogP contribution in [0.15, 0.2) is 17.5 Å². The van der Waals surface area contributed by atoms with Gasteiger partial charge in [0.05, 0.1) is 29.8 Å². The summed E-state index contributed by atoms with van der Waals surface area (Å²) in [4.78, 5) is 15.8. The summed E-state index contributed by atoms with van der Waals surface area (Å²) in [6.07, 6.45) is 4.13. The number of rotatable bonds is 3. The topological polar surface area (TPSA) is 47.4 Å². The maximum absolute atomic E-state index is 13.0. The third-order valence-corrected chi connectivity index (χ3v) is 5.90. The first-order valence-corrected chi connectivity index (χ1v) is 9.68. The molecule has 2 aromatic heterocycles. The Labute approximate surface area is 146 Å². The number of aryl methyl sites for hydroxylation is 1. The third-order valence-electron chi connectivity index (χ3n) is 5.04. The van der Waals surface area contributed by atoms with Crippen molar-refractivity contribution in [3.05, 3.63) is 39.3 Å². The van der Waals surface area contributed by atoms with Crippen LogP contribution in [0.3, 0.4) is 0 Å². The number of fused-ring (bicyclic) bond motifs is 1. The minimum Gasteiger partial charge on any atom is -0.376 e. The second-order valence-corrected chi connectivity index (χ2v) is 7.36. The number of amides is 1. The first-order chi connectivity index (χ1) is 11.8. The van der Waals surface area contributed by atoms with Gasteiger partial charge in [-0.15, -0.1) is 11.3 Å². The van der Waals surface area contributed by atoms with Crippen LogP contribution in [0.1, 0.15) is 58.9 Å². The van der Waals surface area contributed by atoms with Gasteiger partial charge in [-0.3, -0.25) is 9.48 Å². The Bertz CT molecular complexity index is 723. The van der Waals surface area contributed by atoms with E-state index in [0.717, 1.165) is 56.0 Å². The fourth-order valence-electron chi connectivity index (χ4n) is 3.86. The number of ether oxygens (including phenoxy) is 1. The highest BCUT2D eigenvalue weighted by Gasteiger charge is 2.34. The van der Waals surface area contributed by atoms with Crippen molar-refractivity contribution >= 4 is 17.2 Å². The van der Waals surface area contributed by atoms with Gasteiger partial charge < -0.3 is 9.64 Å². The Morgan fingerprint density at radius 1 is 1.46 bits per heavy atom. The summed E-state index contributed by atoms with van der Waals surface area (Å²) >= 11 is 1.52. The molecule has 1 amide bonds. The smallest absolute Gasteiger partial charge is 0.264 e. The molecule has 2 aliphatic heterocycles. The summed E-state index contributed by atoms with van der Waals surface area (Å²) < 4.78 is 7.81. The summed E-state index contributed by atoms with van der Waals surface area (Å²) in [5, 5.41) is 6.86. The van der Waals surface area contributed by atoms with E-state index in [-0.39, 0.29) is 11.9 Å². The average Bonchev–Trinajstić information content (AvgIpc) is 3.29. The largest absolute Gasteiger partial charge is 0.376 e. The molecule has 0 aromatic carbocycles. The summed E-state index contributed by atoms with van der Waals surface area (Å²) in [5.41, 5.74) is 3.59. The Balaban J connectivity index is 1.71. The predicted octanol–water partition coefficient (Wildman–Crippen LogP) is 3.40. The van der Waals surface area contributed by atoms with Crippen molar-refractivity contribution < 1.29 is 9.53 Å². The van der Waals surface area contributed by atoms with Crippen molar-refractivity contribution in [2.24, 2.45) is 0 Å². The minimum atomic E-state index is 0.0802. The molecular weight excluding hydrogens is 322 g/mol. The van der Waals surface area contributed by atoms with E-state index in [0.29, 0.717) is 6.61 Å². The van der Waals surface area contributed by atoms with Crippen LogP contribution in [0.5, 0.6) is 0 Å². The fraction of sp³-hybridized carbons (Fsp3) is 0.556. The number of carbonyl (C=O) groups excluding carboxylic acids is 1. The van der Waals surface area contributed by atoms with Crippen LogP contribution < -0.4 is 0 Å². The van der Waals surface area contributed by atoms with Crippen molar-refractivity contribution in [3.63, 3.8) is 0 Å². The number of piperidine rings is 1. The zero-order chi connectivity index (χ0) is 16.5. The van der Waals surface area contributed by atoms with E-state index >= 15 is 0 Å². The van der Waals surface area contributed by atoms with Gasteiger partial charge in [0.1, 0.15) is 0 Å². The normalized spacial score (nSPS) is 20.9. The molecule has 0 bridgehead atoms. The lowest BCUT2D eigenvalue weighted by Crippen LogP contribution is -2.38. The first-order valence-electron chi connectivity index (χ1n) is 8.80. The average molecular weight is 345 g/mol. The van der Waals surface area contributed by atoms with Gasteiger partial charge in [-0.25, -0.2) is 0 Å². The van der Waals surface area contributed by atoms with Crippen LogP contribution >= 0.6 is 11.3 Å². The fourth-order valence-corrected chi connectivity index (χ4v) is 4.54. The standard InChI is InChI=1S/C18H23N3O2S/c1-2-21-14-8-10-23-12-13(14)17(19-21)15-6-3-4-9-20(15)18(22)16-7-5-11-24-16/h5,7,11,15H,2-4,6,8-10,12H2,1H3. The number of hydrogen-bond donors (Lipinski definition) is 0. The van der Waals surface area contributed by atoms with Gasteiger partial charge in [0.25, 0.3) is 5.91 Å². The quantitative estimate of drug-likeness (QED) is 0.856. The van der Waals surface area contributed by atoms with Crippen LogP contribution in [0.25, 0.3) is 0 Å². The molecule has 5 nitrogen and oxygen atoms in total. The zero-order valence-electron chi connectivity index (χ0n) is 14.0. The predicted molar refractivity (Wildman–Crippen MR) is 93.2 cm³/mol. The van der Waals surface area contributed by atoms with Crippen LogP contribution in [-0.4, -0.2) is 33.7 Å². The van der Waals surface area contributed by atoms with Crippen molar-refractivity contribution in [2.45, 2.75) is 51.8 Å². The lowest BCUT2D eigenvalue weighted by molar-refractivity contribution is 0.0601. The SMILES string of the molecule is CCn1nc(C2CCCCN2C(=O)c2cccs2)c2c1CCOC2. The van der Waals surface area contributed by atoms with E-state index in [9.17, 15) is 4.79 Å². The van der Waals surface area contributed by atoms with Gasteiger partial charge in [-0.1, -0.05) is 6.07 Å². The molecule has 4 rings (SSSR count). The molecule has 0 aliphatic carbocycles. The summed E-state index contributed by atoms with van der Waals surface area (Å²) in [6, 6.07) is 3.94. The van der Waals surface area contributed by atoms with E-state index in [4.69, 9.17) is 9.84 Å². The van der Waals surface area contributed by atoms with E-state index in [2.05, 4.69) is 11.6 Å². The van der Waals surface area contributed by atoms with Gasteiger partial charge in [-0.05, 0) is 37.6 Å². The van der Waals surface area contributed by atoms with Crippen molar-refractivity contribution in [3.8, 4) is 0 Å². The molecule has 24 heavy (non-hydrogen) atoms. The summed E-state index contributed by atoms with van der Waals surface area (Å²) in [6.45, 7) is 5.20. The van der Waals surface area contributed by atoms with Crippen molar-refractivity contribution in [1.82, 2.24) is 14.7 Å². The van der Waals surface area contributed by atoms with Crippen molar-refractivity contribution in [2.75, 3.05) is 13.2 Å². The van der Waals surface area contributed by atoms with Gasteiger partial charge >= 0.3 is 0 Å². The van der Waals surface area contributed by atoms with Gasteiger partial charge in [0, 0.05) is 30.8 Å². The van der Waals surface area contributed by atoms with Crippen LogP contribution in [-0.2, 0) is 24.3 Å². The molecule has 0 saturated carbocycles. The highest BCUT2D eigenvalue weighted by atomic mass is 32.1. The molecule has 2 aromatic rings. The molecule has 1 fully saturated rings. The molecule has 6 heteroatoms. The first kappa shape index (κ1) is 15.8. The highest BCUT2D eigenvalue weighted by Crippen LogP contribution is 2.36. The molecule has 4 heterocycles. The Hall–Kier alpha value is -1.66. The Morgan fingerprint density at radius 2 is 2.38 bits per heavy atom. The highest BCUT2D eigenvalue weighted by molar-refractivity contribution is 7.12. The summed E-state index contributed by atoms with van der Waals surface area (Å²) in [5.74, 6) is 0.145. The lowest BCUT2D eigenvalue weighted by Gasteiger charge is -2.35. The second kappa shape index (κ2) is 6.69. The maximum atomic E-state index is 13.0. The molecule has 2 aliphatic rings. The maximum Gasteiger partial charge on any atom is 0.264 e.